The van der Waals surface area contributed by atoms with Crippen molar-refractivity contribution in [3.05, 3.63) is 93.3 Å². The van der Waals surface area contributed by atoms with E-state index in [1.54, 1.807) is 66.6 Å². The Hall–Kier alpha value is -3.75. The first-order valence-electron chi connectivity index (χ1n) is 11.1. The molecule has 36 heavy (non-hydrogen) atoms. The molecule has 9 heteroatoms. The van der Waals surface area contributed by atoms with Gasteiger partial charge in [-0.3, -0.25) is 9.69 Å². The van der Waals surface area contributed by atoms with E-state index < -0.39 is 5.97 Å². The second-order valence-electron chi connectivity index (χ2n) is 7.73. The van der Waals surface area contributed by atoms with E-state index in [2.05, 4.69) is 4.99 Å². The van der Waals surface area contributed by atoms with Crippen LogP contribution in [-0.2, 0) is 11.4 Å². The number of amidine groups is 1. The van der Waals surface area contributed by atoms with Crippen LogP contribution in [0.1, 0.15) is 28.4 Å². The molecule has 0 spiro atoms. The number of methoxy groups -OCH3 is 1. The predicted molar refractivity (Wildman–Crippen MR) is 142 cm³/mol. The molecule has 1 aliphatic rings. The Morgan fingerprint density at radius 2 is 1.81 bits per heavy atom. The second-order valence-corrected chi connectivity index (χ2v) is 9.18. The van der Waals surface area contributed by atoms with Crippen molar-refractivity contribution in [2.75, 3.05) is 13.7 Å². The topological polar surface area (TPSA) is 88.4 Å². The van der Waals surface area contributed by atoms with Crippen LogP contribution in [0.5, 0.6) is 11.5 Å². The number of carbonyl (C=O) groups excluding carboxylic acids is 1. The highest BCUT2D eigenvalue weighted by atomic mass is 35.5. The molecule has 0 bridgehead atoms. The molecule has 0 saturated carbocycles. The maximum Gasteiger partial charge on any atom is 0.335 e. The van der Waals surface area contributed by atoms with E-state index in [0.29, 0.717) is 33.1 Å². The molecule has 1 heterocycles. The number of hydrogen-bond acceptors (Lipinski definition) is 6. The molecule has 1 saturated heterocycles. The normalized spacial score (nSPS) is 15.5. The van der Waals surface area contributed by atoms with Crippen LogP contribution in [0.2, 0.25) is 5.02 Å². The number of hydrogen-bond donors (Lipinski definition) is 1. The van der Waals surface area contributed by atoms with Gasteiger partial charge in [-0.1, -0.05) is 29.8 Å². The van der Waals surface area contributed by atoms with Gasteiger partial charge in [0.1, 0.15) is 6.61 Å². The van der Waals surface area contributed by atoms with Crippen LogP contribution < -0.4 is 9.47 Å². The van der Waals surface area contributed by atoms with Gasteiger partial charge in [-0.05, 0) is 84.4 Å². The summed E-state index contributed by atoms with van der Waals surface area (Å²) in [7, 11) is 1.55. The molecule has 7 nitrogen and oxygen atoms in total. The first-order valence-corrected chi connectivity index (χ1v) is 12.3. The van der Waals surface area contributed by atoms with Crippen LogP contribution in [0, 0.1) is 0 Å². The van der Waals surface area contributed by atoms with Crippen molar-refractivity contribution in [3.8, 4) is 11.5 Å². The van der Waals surface area contributed by atoms with Gasteiger partial charge in [0.15, 0.2) is 16.7 Å². The van der Waals surface area contributed by atoms with Crippen molar-refractivity contribution in [1.29, 1.82) is 0 Å². The quantitative estimate of drug-likeness (QED) is 0.352. The highest BCUT2D eigenvalue weighted by Crippen LogP contribution is 2.36. The molecule has 1 fully saturated rings. The predicted octanol–water partition coefficient (Wildman–Crippen LogP) is 6.25. The molecule has 0 unspecified atom stereocenters. The smallest absolute Gasteiger partial charge is 0.335 e. The molecule has 0 atom stereocenters. The summed E-state index contributed by atoms with van der Waals surface area (Å²) >= 11 is 7.27. The summed E-state index contributed by atoms with van der Waals surface area (Å²) in [6.07, 6.45) is 1.80. The molecular weight excluding hydrogens is 500 g/mol. The van der Waals surface area contributed by atoms with Gasteiger partial charge in [0.25, 0.3) is 5.91 Å². The average Bonchev–Trinajstić information content (AvgIpc) is 3.17. The van der Waals surface area contributed by atoms with Crippen LogP contribution >= 0.6 is 23.4 Å². The van der Waals surface area contributed by atoms with Crippen LogP contribution in [0.4, 0.5) is 5.69 Å². The van der Waals surface area contributed by atoms with E-state index in [1.807, 2.05) is 13.0 Å². The Morgan fingerprint density at radius 3 is 2.44 bits per heavy atom. The Morgan fingerprint density at radius 1 is 1.08 bits per heavy atom. The number of likely N-dealkylation sites (N-methyl/N-ethyl adjacent to an activating group) is 1. The van der Waals surface area contributed by atoms with E-state index in [0.717, 1.165) is 16.8 Å². The number of carbonyl (C=O) groups is 2. The Labute approximate surface area is 218 Å². The highest BCUT2D eigenvalue weighted by molar-refractivity contribution is 8.18. The van der Waals surface area contributed by atoms with E-state index in [4.69, 9.17) is 26.2 Å². The van der Waals surface area contributed by atoms with E-state index in [-0.39, 0.29) is 18.1 Å². The number of halogens is 1. The molecule has 0 aliphatic carbocycles. The molecule has 184 valence electrons. The Balaban J connectivity index is 1.51. The highest BCUT2D eigenvalue weighted by Gasteiger charge is 2.32. The van der Waals surface area contributed by atoms with E-state index in [9.17, 15) is 9.59 Å². The van der Waals surface area contributed by atoms with Crippen molar-refractivity contribution >= 4 is 52.2 Å². The first-order chi connectivity index (χ1) is 17.4. The monoisotopic (exact) mass is 522 g/mol. The van der Waals surface area contributed by atoms with Gasteiger partial charge in [-0.15, -0.1) is 0 Å². The van der Waals surface area contributed by atoms with Crippen molar-refractivity contribution in [2.24, 2.45) is 4.99 Å². The third kappa shape index (κ3) is 5.90. The number of amides is 1. The summed E-state index contributed by atoms with van der Waals surface area (Å²) < 4.78 is 11.4. The van der Waals surface area contributed by atoms with Crippen molar-refractivity contribution in [1.82, 2.24) is 4.90 Å². The molecule has 1 aliphatic heterocycles. The van der Waals surface area contributed by atoms with Gasteiger partial charge < -0.3 is 14.6 Å². The maximum atomic E-state index is 13.0. The minimum absolute atomic E-state index is 0.112. The average molecular weight is 523 g/mol. The van der Waals surface area contributed by atoms with Crippen molar-refractivity contribution in [2.45, 2.75) is 13.5 Å². The van der Waals surface area contributed by atoms with Gasteiger partial charge in [-0.25, -0.2) is 9.79 Å². The lowest BCUT2D eigenvalue weighted by atomic mass is 10.1. The summed E-state index contributed by atoms with van der Waals surface area (Å²) in [5.41, 5.74) is 2.55. The molecule has 3 aromatic rings. The third-order valence-electron chi connectivity index (χ3n) is 5.34. The molecule has 1 amide bonds. The first kappa shape index (κ1) is 25.3. The molecule has 1 N–H and O–H groups in total. The fraction of sp³-hybridized carbons (Fsp3) is 0.148. The van der Waals surface area contributed by atoms with Crippen LogP contribution in [0.25, 0.3) is 6.08 Å². The lowest BCUT2D eigenvalue weighted by molar-refractivity contribution is -0.122. The number of carboxylic acids is 1. The summed E-state index contributed by atoms with van der Waals surface area (Å²) in [6, 6.07) is 19.0. The zero-order valence-corrected chi connectivity index (χ0v) is 21.2. The fourth-order valence-corrected chi connectivity index (χ4v) is 4.63. The molecule has 4 rings (SSSR count). The Bertz CT molecular complexity index is 1340. The number of ether oxygens (including phenoxy) is 2. The lowest BCUT2D eigenvalue weighted by Gasteiger charge is -2.12. The van der Waals surface area contributed by atoms with Crippen LogP contribution in [0.15, 0.2) is 76.6 Å². The number of benzene rings is 3. The van der Waals surface area contributed by atoms with Gasteiger partial charge in [0.2, 0.25) is 0 Å². The zero-order valence-electron chi connectivity index (χ0n) is 19.6. The van der Waals surface area contributed by atoms with Crippen molar-refractivity contribution in [3.63, 3.8) is 0 Å². The third-order valence-corrected chi connectivity index (χ3v) is 6.59. The number of aromatic carboxylic acids is 1. The van der Waals surface area contributed by atoms with E-state index >= 15 is 0 Å². The fourth-order valence-electron chi connectivity index (χ4n) is 3.45. The standard InChI is InChI=1S/C27H23ClN2O5S/c1-3-30-25(31)24(36-27(30)29-21-11-9-20(28)10-12-21)15-18-6-13-22(23(14-18)34-2)35-16-17-4-7-19(8-5-17)26(32)33/h4-15H,3,16H2,1-2H3,(H,32,33)/b24-15-,29-27?. The van der Waals surface area contributed by atoms with Gasteiger partial charge in [0, 0.05) is 11.6 Å². The van der Waals surface area contributed by atoms with E-state index in [1.165, 1.54) is 23.9 Å². The van der Waals surface area contributed by atoms with Gasteiger partial charge in [0.05, 0.1) is 23.3 Å². The lowest BCUT2D eigenvalue weighted by Crippen LogP contribution is -2.28. The minimum atomic E-state index is -0.974. The maximum absolute atomic E-state index is 13.0. The van der Waals surface area contributed by atoms with Crippen molar-refractivity contribution < 1.29 is 24.2 Å². The molecule has 0 radical (unpaired) electrons. The molecular formula is C27H23ClN2O5S. The SMILES string of the molecule is CCN1C(=O)/C(=C/c2ccc(OCc3ccc(C(=O)O)cc3)c(OC)c2)SC1=Nc1ccc(Cl)cc1. The number of nitrogens with zero attached hydrogens (tertiary/aromatic N) is 2. The number of carboxylic acid groups (broad SMARTS) is 1. The number of aliphatic imine (C=N–C) groups is 1. The summed E-state index contributed by atoms with van der Waals surface area (Å²) in [5, 5.41) is 10.3. The van der Waals surface area contributed by atoms with Crippen LogP contribution in [-0.4, -0.2) is 40.7 Å². The minimum Gasteiger partial charge on any atom is -0.493 e. The second kappa shape index (κ2) is 11.3. The number of thioether (sulfide) groups is 1. The summed E-state index contributed by atoms with van der Waals surface area (Å²) in [6.45, 7) is 2.66. The zero-order chi connectivity index (χ0) is 25.7. The molecule has 0 aromatic heterocycles. The molecule has 3 aromatic carbocycles. The Kier molecular flexibility index (Phi) is 7.97. The van der Waals surface area contributed by atoms with Gasteiger partial charge >= 0.3 is 5.97 Å². The summed E-state index contributed by atoms with van der Waals surface area (Å²) in [4.78, 5) is 30.8. The largest absolute Gasteiger partial charge is 0.493 e. The van der Waals surface area contributed by atoms with Gasteiger partial charge in [-0.2, -0.15) is 0 Å². The van der Waals surface area contributed by atoms with Crippen LogP contribution in [0.3, 0.4) is 0 Å². The number of rotatable bonds is 8. The summed E-state index contributed by atoms with van der Waals surface area (Å²) in [5.74, 6) is -0.0330.